The van der Waals surface area contributed by atoms with Crippen LogP contribution < -0.4 is 5.32 Å². The van der Waals surface area contributed by atoms with Gasteiger partial charge in [-0.3, -0.25) is 14.5 Å². The van der Waals surface area contributed by atoms with E-state index < -0.39 is 0 Å². The zero-order valence-electron chi connectivity index (χ0n) is 12.2. The van der Waals surface area contributed by atoms with Crippen molar-refractivity contribution in [2.45, 2.75) is 70.9 Å². The summed E-state index contributed by atoms with van der Waals surface area (Å²) >= 11 is 0. The van der Waals surface area contributed by atoms with Gasteiger partial charge in [0.1, 0.15) is 0 Å². The molecule has 1 unspecified atom stereocenters. The monoisotopic (exact) mass is 266 g/mol. The first-order valence-electron chi connectivity index (χ1n) is 7.69. The molecule has 108 valence electrons. The van der Waals surface area contributed by atoms with Crippen LogP contribution in [0.3, 0.4) is 0 Å². The lowest BCUT2D eigenvalue weighted by atomic mass is 9.87. The Balaban J connectivity index is 1.74. The largest absolute Gasteiger partial charge is 0.305 e. The van der Waals surface area contributed by atoms with E-state index in [9.17, 15) is 9.59 Å². The highest BCUT2D eigenvalue weighted by Crippen LogP contribution is 2.26. The van der Waals surface area contributed by atoms with Crippen LogP contribution in [0, 0.1) is 5.92 Å². The molecule has 1 aliphatic carbocycles. The van der Waals surface area contributed by atoms with Crippen molar-refractivity contribution in [1.29, 1.82) is 0 Å². The van der Waals surface area contributed by atoms with Crippen molar-refractivity contribution in [2.75, 3.05) is 6.54 Å². The van der Waals surface area contributed by atoms with E-state index in [0.29, 0.717) is 6.42 Å². The van der Waals surface area contributed by atoms with E-state index in [1.165, 1.54) is 37.0 Å². The Morgan fingerprint density at radius 2 is 1.89 bits per heavy atom. The van der Waals surface area contributed by atoms with E-state index in [2.05, 4.69) is 5.32 Å². The normalized spacial score (nSPS) is 25.6. The summed E-state index contributed by atoms with van der Waals surface area (Å²) in [6, 6.07) is -0.302. The molecule has 2 amide bonds. The predicted octanol–water partition coefficient (Wildman–Crippen LogP) is 2.08. The Morgan fingerprint density at radius 1 is 1.21 bits per heavy atom. The topological polar surface area (TPSA) is 49.4 Å². The average molecular weight is 266 g/mol. The zero-order valence-corrected chi connectivity index (χ0v) is 12.2. The quantitative estimate of drug-likeness (QED) is 0.775. The van der Waals surface area contributed by atoms with Gasteiger partial charge in [0.15, 0.2) is 0 Å². The van der Waals surface area contributed by atoms with Gasteiger partial charge in [0.05, 0.1) is 12.5 Å². The van der Waals surface area contributed by atoms with Crippen molar-refractivity contribution in [3.8, 4) is 0 Å². The molecule has 0 bridgehead atoms. The molecule has 19 heavy (non-hydrogen) atoms. The number of amides is 2. The van der Waals surface area contributed by atoms with Gasteiger partial charge < -0.3 is 5.32 Å². The van der Waals surface area contributed by atoms with Gasteiger partial charge in [-0.25, -0.2) is 0 Å². The summed E-state index contributed by atoms with van der Waals surface area (Å²) in [6.45, 7) is 4.64. The first kappa shape index (κ1) is 14.5. The summed E-state index contributed by atoms with van der Waals surface area (Å²) in [7, 11) is 0. The van der Waals surface area contributed by atoms with Crippen LogP contribution in [0.15, 0.2) is 0 Å². The molecule has 1 N–H and O–H groups in total. The molecule has 4 nitrogen and oxygen atoms in total. The van der Waals surface area contributed by atoms with Crippen LogP contribution in [-0.4, -0.2) is 35.3 Å². The lowest BCUT2D eigenvalue weighted by Gasteiger charge is -2.22. The van der Waals surface area contributed by atoms with Gasteiger partial charge in [-0.1, -0.05) is 32.1 Å². The molecule has 0 aromatic heterocycles. The minimum atomic E-state index is -0.279. The summed E-state index contributed by atoms with van der Waals surface area (Å²) in [4.78, 5) is 25.2. The van der Waals surface area contributed by atoms with Crippen LogP contribution in [0.1, 0.15) is 58.8 Å². The summed E-state index contributed by atoms with van der Waals surface area (Å²) < 4.78 is 0. The third-order valence-electron chi connectivity index (χ3n) is 4.37. The lowest BCUT2D eigenvalue weighted by Crippen LogP contribution is -2.42. The minimum absolute atomic E-state index is 0.0230. The summed E-state index contributed by atoms with van der Waals surface area (Å²) in [5, 5.41) is 3.28. The zero-order chi connectivity index (χ0) is 13.8. The molecular formula is C15H26N2O2. The molecule has 1 saturated heterocycles. The van der Waals surface area contributed by atoms with E-state index in [1.54, 1.807) is 0 Å². The van der Waals surface area contributed by atoms with Crippen LogP contribution in [0.4, 0.5) is 0 Å². The summed E-state index contributed by atoms with van der Waals surface area (Å²) in [5.74, 6) is 0.744. The standard InChI is InChI=1S/C15H26N2O2/c1-11(2)17-14(18)10-13(15(17)19)16-9-8-12-6-4-3-5-7-12/h11-13,16H,3-10H2,1-2H3. The third-order valence-corrected chi connectivity index (χ3v) is 4.37. The second kappa shape index (κ2) is 6.51. The van der Waals surface area contributed by atoms with Crippen molar-refractivity contribution in [1.82, 2.24) is 10.2 Å². The number of likely N-dealkylation sites (tertiary alicyclic amines) is 1. The fourth-order valence-electron chi connectivity index (χ4n) is 3.29. The fraction of sp³-hybridized carbons (Fsp3) is 0.867. The predicted molar refractivity (Wildman–Crippen MR) is 74.6 cm³/mol. The number of rotatable bonds is 5. The minimum Gasteiger partial charge on any atom is -0.305 e. The summed E-state index contributed by atoms with van der Waals surface area (Å²) in [6.07, 6.45) is 8.22. The van der Waals surface area contributed by atoms with E-state index in [1.807, 2.05) is 13.8 Å². The van der Waals surface area contributed by atoms with E-state index in [-0.39, 0.29) is 23.9 Å². The second-order valence-electron chi connectivity index (χ2n) is 6.20. The average Bonchev–Trinajstić information content (AvgIpc) is 2.66. The number of carbonyl (C=O) groups excluding carboxylic acids is 2. The molecule has 1 saturated carbocycles. The molecule has 4 heteroatoms. The van der Waals surface area contributed by atoms with Crippen LogP contribution in [-0.2, 0) is 9.59 Å². The second-order valence-corrected chi connectivity index (χ2v) is 6.20. The van der Waals surface area contributed by atoms with Gasteiger partial charge in [0, 0.05) is 6.04 Å². The molecule has 0 radical (unpaired) electrons. The van der Waals surface area contributed by atoms with Gasteiger partial charge in [-0.05, 0) is 32.7 Å². The van der Waals surface area contributed by atoms with Crippen molar-refractivity contribution >= 4 is 11.8 Å². The Kier molecular flexibility index (Phi) is 4.97. The molecule has 0 spiro atoms. The third kappa shape index (κ3) is 3.56. The van der Waals surface area contributed by atoms with Crippen LogP contribution in [0.5, 0.6) is 0 Å². The highest BCUT2D eigenvalue weighted by Gasteiger charge is 2.39. The van der Waals surface area contributed by atoms with E-state index >= 15 is 0 Å². The molecular weight excluding hydrogens is 240 g/mol. The Hall–Kier alpha value is -0.900. The maximum atomic E-state index is 12.1. The van der Waals surface area contributed by atoms with Crippen molar-refractivity contribution in [3.63, 3.8) is 0 Å². The molecule has 1 atom stereocenters. The van der Waals surface area contributed by atoms with Crippen LogP contribution in [0.25, 0.3) is 0 Å². The van der Waals surface area contributed by atoms with Gasteiger partial charge >= 0.3 is 0 Å². The highest BCUT2D eigenvalue weighted by molar-refractivity contribution is 6.05. The Labute approximate surface area is 115 Å². The smallest absolute Gasteiger partial charge is 0.247 e. The van der Waals surface area contributed by atoms with Crippen LogP contribution in [0.2, 0.25) is 0 Å². The van der Waals surface area contributed by atoms with Crippen molar-refractivity contribution < 1.29 is 9.59 Å². The maximum Gasteiger partial charge on any atom is 0.247 e. The fourth-order valence-corrected chi connectivity index (χ4v) is 3.29. The van der Waals surface area contributed by atoms with Gasteiger partial charge in [-0.2, -0.15) is 0 Å². The van der Waals surface area contributed by atoms with E-state index in [0.717, 1.165) is 18.9 Å². The van der Waals surface area contributed by atoms with Crippen molar-refractivity contribution in [2.24, 2.45) is 5.92 Å². The maximum absolute atomic E-state index is 12.1. The number of hydrogen-bond acceptors (Lipinski definition) is 3. The molecule has 2 rings (SSSR count). The molecule has 1 heterocycles. The van der Waals surface area contributed by atoms with Gasteiger partial charge in [0.2, 0.25) is 11.8 Å². The molecule has 2 fully saturated rings. The van der Waals surface area contributed by atoms with Crippen LogP contribution >= 0.6 is 0 Å². The molecule has 0 aromatic rings. The molecule has 2 aliphatic rings. The first-order valence-corrected chi connectivity index (χ1v) is 7.69. The first-order chi connectivity index (χ1) is 9.09. The van der Waals surface area contributed by atoms with Crippen molar-refractivity contribution in [3.05, 3.63) is 0 Å². The van der Waals surface area contributed by atoms with E-state index in [4.69, 9.17) is 0 Å². The number of imide groups is 1. The molecule has 0 aromatic carbocycles. The van der Waals surface area contributed by atoms with Gasteiger partial charge in [-0.15, -0.1) is 0 Å². The summed E-state index contributed by atoms with van der Waals surface area (Å²) in [5.41, 5.74) is 0. The SMILES string of the molecule is CC(C)N1C(=O)CC(NCCC2CCCCC2)C1=O. The Morgan fingerprint density at radius 3 is 2.47 bits per heavy atom. The highest BCUT2D eigenvalue weighted by atomic mass is 16.2. The Bertz CT molecular complexity index is 335. The molecule has 1 aliphatic heterocycles. The number of nitrogens with zero attached hydrogens (tertiary/aromatic N) is 1. The van der Waals surface area contributed by atoms with Gasteiger partial charge in [0.25, 0.3) is 0 Å². The number of carbonyl (C=O) groups is 2. The number of hydrogen-bond donors (Lipinski definition) is 1. The lowest BCUT2D eigenvalue weighted by molar-refractivity contribution is -0.140. The number of nitrogens with one attached hydrogen (secondary N) is 1.